The number of ether oxygens (including phenoxy) is 2. The van der Waals surface area contributed by atoms with Crippen molar-refractivity contribution in [3.63, 3.8) is 0 Å². The highest BCUT2D eigenvalue weighted by molar-refractivity contribution is 6.31. The molecule has 0 aliphatic rings. The standard InChI is InChI=1S/C14H15ClN2O4/c1-3-20-14(18)12(9-6-4-5-7-10(9)15)13-16-11(8-19-2)17-21-13/h4-7,12H,3,8H2,1-2H3. The fourth-order valence-electron chi connectivity index (χ4n) is 1.87. The highest BCUT2D eigenvalue weighted by Gasteiger charge is 2.31. The Morgan fingerprint density at radius 3 is 2.86 bits per heavy atom. The lowest BCUT2D eigenvalue weighted by atomic mass is 9.99. The molecular formula is C14H15ClN2O4. The number of carbonyl (C=O) groups is 1. The van der Waals surface area contributed by atoms with Gasteiger partial charge in [0.25, 0.3) is 0 Å². The van der Waals surface area contributed by atoms with Crippen molar-refractivity contribution >= 4 is 17.6 Å². The van der Waals surface area contributed by atoms with E-state index in [1.807, 2.05) is 0 Å². The molecule has 2 rings (SSSR count). The average Bonchev–Trinajstić information content (AvgIpc) is 2.90. The Hall–Kier alpha value is -1.92. The van der Waals surface area contributed by atoms with Crippen molar-refractivity contribution in [2.24, 2.45) is 0 Å². The van der Waals surface area contributed by atoms with Gasteiger partial charge in [-0.2, -0.15) is 4.98 Å². The lowest BCUT2D eigenvalue weighted by Crippen LogP contribution is -2.18. The second-order valence-electron chi connectivity index (χ2n) is 4.19. The number of hydrogen-bond donors (Lipinski definition) is 0. The third kappa shape index (κ3) is 3.59. The summed E-state index contributed by atoms with van der Waals surface area (Å²) >= 11 is 6.16. The Labute approximate surface area is 127 Å². The Morgan fingerprint density at radius 2 is 2.19 bits per heavy atom. The largest absolute Gasteiger partial charge is 0.465 e. The first-order chi connectivity index (χ1) is 10.2. The van der Waals surface area contributed by atoms with Crippen molar-refractivity contribution in [3.8, 4) is 0 Å². The fraction of sp³-hybridized carbons (Fsp3) is 0.357. The third-order valence-corrected chi connectivity index (χ3v) is 3.09. The maximum atomic E-state index is 12.2. The summed E-state index contributed by atoms with van der Waals surface area (Å²) in [6.45, 7) is 2.17. The molecule has 0 bridgehead atoms. The molecule has 0 saturated heterocycles. The molecule has 7 heteroatoms. The minimum absolute atomic E-state index is 0.133. The maximum absolute atomic E-state index is 12.2. The molecular weight excluding hydrogens is 296 g/mol. The van der Waals surface area contributed by atoms with Crippen LogP contribution >= 0.6 is 11.6 Å². The van der Waals surface area contributed by atoms with Gasteiger partial charge in [-0.1, -0.05) is 35.0 Å². The van der Waals surface area contributed by atoms with Gasteiger partial charge in [-0.05, 0) is 18.6 Å². The van der Waals surface area contributed by atoms with Crippen LogP contribution in [0.25, 0.3) is 0 Å². The highest BCUT2D eigenvalue weighted by Crippen LogP contribution is 2.30. The highest BCUT2D eigenvalue weighted by atomic mass is 35.5. The van der Waals surface area contributed by atoms with Gasteiger partial charge in [0, 0.05) is 12.1 Å². The van der Waals surface area contributed by atoms with Gasteiger partial charge in [-0.15, -0.1) is 0 Å². The molecule has 1 heterocycles. The zero-order chi connectivity index (χ0) is 15.2. The second kappa shape index (κ2) is 7.19. The Morgan fingerprint density at radius 1 is 1.43 bits per heavy atom. The Bertz CT molecular complexity index is 615. The summed E-state index contributed by atoms with van der Waals surface area (Å²) in [5.74, 6) is -0.850. The van der Waals surface area contributed by atoms with Crippen LogP contribution in [0.15, 0.2) is 28.8 Å². The predicted molar refractivity (Wildman–Crippen MR) is 74.9 cm³/mol. The van der Waals surface area contributed by atoms with E-state index >= 15 is 0 Å². The zero-order valence-electron chi connectivity index (χ0n) is 11.7. The maximum Gasteiger partial charge on any atom is 0.323 e. The number of rotatable bonds is 6. The number of hydrogen-bond acceptors (Lipinski definition) is 6. The molecule has 0 N–H and O–H groups in total. The molecule has 2 aromatic rings. The molecule has 0 radical (unpaired) electrons. The quantitative estimate of drug-likeness (QED) is 0.763. The van der Waals surface area contributed by atoms with E-state index < -0.39 is 11.9 Å². The normalized spacial score (nSPS) is 12.1. The summed E-state index contributed by atoms with van der Waals surface area (Å²) in [6, 6.07) is 6.97. The van der Waals surface area contributed by atoms with E-state index in [2.05, 4.69) is 10.1 Å². The molecule has 1 atom stereocenters. The van der Waals surface area contributed by atoms with Gasteiger partial charge in [0.15, 0.2) is 11.7 Å². The lowest BCUT2D eigenvalue weighted by molar-refractivity contribution is -0.144. The minimum atomic E-state index is -0.850. The van der Waals surface area contributed by atoms with E-state index in [1.165, 1.54) is 7.11 Å². The molecule has 0 amide bonds. The van der Waals surface area contributed by atoms with Crippen LogP contribution in [0.5, 0.6) is 0 Å². The van der Waals surface area contributed by atoms with Gasteiger partial charge < -0.3 is 14.0 Å². The fourth-order valence-corrected chi connectivity index (χ4v) is 2.11. The van der Waals surface area contributed by atoms with Crippen molar-refractivity contribution in [2.75, 3.05) is 13.7 Å². The zero-order valence-corrected chi connectivity index (χ0v) is 12.5. The van der Waals surface area contributed by atoms with Gasteiger partial charge >= 0.3 is 5.97 Å². The average molecular weight is 311 g/mol. The summed E-state index contributed by atoms with van der Waals surface area (Å²) in [5, 5.41) is 4.19. The van der Waals surface area contributed by atoms with Crippen molar-refractivity contribution in [1.82, 2.24) is 10.1 Å². The molecule has 1 aromatic heterocycles. The molecule has 0 spiro atoms. The Kier molecular flexibility index (Phi) is 5.30. The third-order valence-electron chi connectivity index (χ3n) is 2.74. The summed E-state index contributed by atoms with van der Waals surface area (Å²) < 4.78 is 15.2. The smallest absolute Gasteiger partial charge is 0.323 e. The van der Waals surface area contributed by atoms with Crippen molar-refractivity contribution in [3.05, 3.63) is 46.6 Å². The van der Waals surface area contributed by atoms with Gasteiger partial charge in [0.1, 0.15) is 6.61 Å². The SMILES string of the molecule is CCOC(=O)C(c1nc(COC)no1)c1ccccc1Cl. The van der Waals surface area contributed by atoms with Gasteiger partial charge in [0.2, 0.25) is 5.89 Å². The van der Waals surface area contributed by atoms with Crippen LogP contribution in [0, 0.1) is 0 Å². The molecule has 0 aliphatic carbocycles. The topological polar surface area (TPSA) is 74.5 Å². The summed E-state index contributed by atoms with van der Waals surface area (Å²) in [6.07, 6.45) is 0. The monoisotopic (exact) mass is 310 g/mol. The molecule has 0 saturated carbocycles. The van der Waals surface area contributed by atoms with Gasteiger partial charge in [0.05, 0.1) is 6.61 Å². The van der Waals surface area contributed by atoms with Crippen LogP contribution in [0.2, 0.25) is 5.02 Å². The minimum Gasteiger partial charge on any atom is -0.465 e. The van der Waals surface area contributed by atoms with Gasteiger partial charge in [-0.25, -0.2) is 0 Å². The first-order valence-electron chi connectivity index (χ1n) is 6.39. The number of aromatic nitrogens is 2. The summed E-state index contributed by atoms with van der Waals surface area (Å²) in [7, 11) is 1.52. The molecule has 6 nitrogen and oxygen atoms in total. The molecule has 1 unspecified atom stereocenters. The summed E-state index contributed by atoms with van der Waals surface area (Å²) in [4.78, 5) is 16.4. The van der Waals surface area contributed by atoms with Crippen LogP contribution in [-0.2, 0) is 20.9 Å². The van der Waals surface area contributed by atoms with Crippen LogP contribution in [0.4, 0.5) is 0 Å². The first kappa shape index (κ1) is 15.5. The molecule has 0 aliphatic heterocycles. The van der Waals surface area contributed by atoms with E-state index in [4.69, 9.17) is 25.6 Å². The Balaban J connectivity index is 2.40. The number of methoxy groups -OCH3 is 1. The van der Waals surface area contributed by atoms with Crippen molar-refractivity contribution in [1.29, 1.82) is 0 Å². The van der Waals surface area contributed by atoms with E-state index in [0.29, 0.717) is 16.4 Å². The van der Waals surface area contributed by atoms with Crippen LogP contribution in [0.3, 0.4) is 0 Å². The first-order valence-corrected chi connectivity index (χ1v) is 6.77. The van der Waals surface area contributed by atoms with E-state index in [9.17, 15) is 4.79 Å². The number of halogens is 1. The van der Waals surface area contributed by atoms with Crippen molar-refractivity contribution in [2.45, 2.75) is 19.4 Å². The van der Waals surface area contributed by atoms with E-state index in [0.717, 1.165) is 0 Å². The van der Waals surface area contributed by atoms with Gasteiger partial charge in [-0.3, -0.25) is 4.79 Å². The lowest BCUT2D eigenvalue weighted by Gasteiger charge is -2.13. The van der Waals surface area contributed by atoms with E-state index in [-0.39, 0.29) is 19.1 Å². The number of nitrogens with zero attached hydrogens (tertiary/aromatic N) is 2. The molecule has 1 aromatic carbocycles. The van der Waals surface area contributed by atoms with Crippen LogP contribution in [-0.4, -0.2) is 29.8 Å². The summed E-state index contributed by atoms with van der Waals surface area (Å²) in [5.41, 5.74) is 0.560. The van der Waals surface area contributed by atoms with Crippen LogP contribution < -0.4 is 0 Å². The molecule has 0 fully saturated rings. The predicted octanol–water partition coefficient (Wildman–Crippen LogP) is 2.56. The number of benzene rings is 1. The number of carbonyl (C=O) groups excluding carboxylic acids is 1. The van der Waals surface area contributed by atoms with Crippen LogP contribution in [0.1, 0.15) is 30.1 Å². The van der Waals surface area contributed by atoms with Crippen molar-refractivity contribution < 1.29 is 18.8 Å². The molecule has 21 heavy (non-hydrogen) atoms. The number of esters is 1. The van der Waals surface area contributed by atoms with E-state index in [1.54, 1.807) is 31.2 Å². The molecule has 112 valence electrons. The second-order valence-corrected chi connectivity index (χ2v) is 4.60.